The van der Waals surface area contributed by atoms with E-state index in [2.05, 4.69) is 5.32 Å². The van der Waals surface area contributed by atoms with Gasteiger partial charge in [0.25, 0.3) is 10.0 Å². The van der Waals surface area contributed by atoms with Gasteiger partial charge < -0.3 is 10.2 Å². The Morgan fingerprint density at radius 1 is 0.927 bits per heavy atom. The van der Waals surface area contributed by atoms with E-state index < -0.39 is 34.3 Å². The predicted molar refractivity (Wildman–Crippen MR) is 158 cm³/mol. The first-order valence-electron chi connectivity index (χ1n) is 14.2. The summed E-state index contributed by atoms with van der Waals surface area (Å²) in [6, 6.07) is 20.0. The largest absolute Gasteiger partial charge is 0.352 e. The smallest absolute Gasteiger partial charge is 0.264 e. The van der Waals surface area contributed by atoms with Crippen molar-refractivity contribution in [1.82, 2.24) is 10.2 Å². The number of nitrogens with zero attached hydrogens (tertiary/aromatic N) is 2. The van der Waals surface area contributed by atoms with Crippen LogP contribution in [0.4, 0.5) is 10.1 Å². The summed E-state index contributed by atoms with van der Waals surface area (Å²) < 4.78 is 42.7. The van der Waals surface area contributed by atoms with Crippen molar-refractivity contribution in [2.45, 2.75) is 75.9 Å². The van der Waals surface area contributed by atoms with E-state index >= 15 is 0 Å². The zero-order valence-electron chi connectivity index (χ0n) is 23.6. The Kier molecular flexibility index (Phi) is 10.2. The first kappa shape index (κ1) is 30.2. The molecule has 0 heterocycles. The van der Waals surface area contributed by atoms with Gasteiger partial charge in [-0.2, -0.15) is 0 Å². The van der Waals surface area contributed by atoms with Crippen LogP contribution in [0.2, 0.25) is 0 Å². The topological polar surface area (TPSA) is 86.8 Å². The lowest BCUT2D eigenvalue weighted by atomic mass is 9.95. The van der Waals surface area contributed by atoms with Gasteiger partial charge in [0.15, 0.2) is 0 Å². The predicted octanol–water partition coefficient (Wildman–Crippen LogP) is 5.45. The van der Waals surface area contributed by atoms with E-state index in [9.17, 15) is 22.4 Å². The Hall–Kier alpha value is -3.72. The molecule has 0 unspecified atom stereocenters. The van der Waals surface area contributed by atoms with E-state index in [1.165, 1.54) is 29.2 Å². The van der Waals surface area contributed by atoms with Gasteiger partial charge in [-0.05, 0) is 67.6 Å². The molecule has 1 saturated carbocycles. The van der Waals surface area contributed by atoms with Crippen LogP contribution in [0, 0.1) is 5.82 Å². The highest BCUT2D eigenvalue weighted by Gasteiger charge is 2.33. The summed E-state index contributed by atoms with van der Waals surface area (Å²) in [7, 11) is -4.13. The van der Waals surface area contributed by atoms with Crippen LogP contribution in [-0.4, -0.2) is 43.8 Å². The molecule has 1 aliphatic carbocycles. The molecule has 9 heteroatoms. The normalized spacial score (nSPS) is 14.7. The van der Waals surface area contributed by atoms with Gasteiger partial charge in [0.2, 0.25) is 11.8 Å². The lowest BCUT2D eigenvalue weighted by molar-refractivity contribution is -0.139. The number of carbonyl (C=O) groups is 2. The van der Waals surface area contributed by atoms with Crippen LogP contribution in [0.15, 0.2) is 83.8 Å². The Balaban J connectivity index is 1.69. The Labute approximate surface area is 242 Å². The van der Waals surface area contributed by atoms with Crippen LogP contribution in [0.5, 0.6) is 0 Å². The summed E-state index contributed by atoms with van der Waals surface area (Å²) in [5, 5.41) is 3.08. The van der Waals surface area contributed by atoms with Crippen LogP contribution in [0.25, 0.3) is 0 Å². The fourth-order valence-corrected chi connectivity index (χ4v) is 6.70. The second kappa shape index (κ2) is 13.8. The molecule has 3 aromatic carbocycles. The van der Waals surface area contributed by atoms with Crippen molar-refractivity contribution in [2.24, 2.45) is 0 Å². The molecule has 0 spiro atoms. The molecule has 0 aromatic heterocycles. The molecule has 1 aliphatic rings. The van der Waals surface area contributed by atoms with Crippen molar-refractivity contribution in [3.8, 4) is 0 Å². The van der Waals surface area contributed by atoms with Crippen molar-refractivity contribution < 1.29 is 22.4 Å². The molecule has 0 aliphatic heterocycles. The van der Waals surface area contributed by atoms with Crippen LogP contribution in [-0.2, 0) is 32.6 Å². The van der Waals surface area contributed by atoms with Crippen LogP contribution >= 0.6 is 0 Å². The van der Waals surface area contributed by atoms with Gasteiger partial charge in [0.1, 0.15) is 18.4 Å². The van der Waals surface area contributed by atoms with Gasteiger partial charge >= 0.3 is 0 Å². The van der Waals surface area contributed by atoms with Gasteiger partial charge in [0, 0.05) is 12.6 Å². The summed E-state index contributed by atoms with van der Waals surface area (Å²) in [5.41, 5.74) is 1.81. The van der Waals surface area contributed by atoms with Crippen LogP contribution in [0.3, 0.4) is 0 Å². The third-order valence-corrected chi connectivity index (χ3v) is 9.41. The summed E-state index contributed by atoms with van der Waals surface area (Å²) in [6.45, 7) is 3.09. The lowest BCUT2D eigenvalue weighted by Crippen LogP contribution is -2.53. The highest BCUT2D eigenvalue weighted by atomic mass is 32.2. The van der Waals surface area contributed by atoms with E-state index in [1.807, 2.05) is 19.1 Å². The van der Waals surface area contributed by atoms with Crippen molar-refractivity contribution in [2.75, 3.05) is 10.8 Å². The summed E-state index contributed by atoms with van der Waals surface area (Å²) in [4.78, 5) is 28.9. The van der Waals surface area contributed by atoms with E-state index in [1.54, 1.807) is 49.4 Å². The first-order valence-corrected chi connectivity index (χ1v) is 15.6. The monoisotopic (exact) mass is 579 g/mol. The van der Waals surface area contributed by atoms with Gasteiger partial charge in [-0.3, -0.25) is 13.9 Å². The molecule has 0 bridgehead atoms. The summed E-state index contributed by atoms with van der Waals surface area (Å²) in [6.07, 6.45) is 5.57. The standard InChI is InChI=1S/C32H38FN3O4S/c1-3-26-12-10-11-17-30(26)36(41(39,40)29-15-8-5-9-16-29)23-31(37)35(22-25-18-20-27(33)21-19-25)24(2)32(38)34-28-13-6-4-7-14-28/h5,8-12,15-21,24,28H,3-4,6-7,13-14,22-23H2,1-2H3,(H,34,38)/t24-/m1/s1. The maximum absolute atomic E-state index is 14.1. The molecule has 1 fully saturated rings. The molecule has 1 N–H and O–H groups in total. The quantitative estimate of drug-likeness (QED) is 0.327. The average Bonchev–Trinajstić information content (AvgIpc) is 3.00. The highest BCUT2D eigenvalue weighted by Crippen LogP contribution is 2.28. The number of carbonyl (C=O) groups excluding carboxylic acids is 2. The number of hydrogen-bond donors (Lipinski definition) is 1. The third-order valence-electron chi connectivity index (χ3n) is 7.64. The number of nitrogens with one attached hydrogen (secondary N) is 1. The molecule has 4 rings (SSSR count). The molecule has 0 radical (unpaired) electrons. The second-order valence-corrected chi connectivity index (χ2v) is 12.3. The molecule has 2 amide bonds. The minimum Gasteiger partial charge on any atom is -0.352 e. The van der Waals surface area contributed by atoms with Crippen molar-refractivity contribution >= 4 is 27.5 Å². The fraction of sp³-hybridized carbons (Fsp3) is 0.375. The van der Waals surface area contributed by atoms with E-state index in [4.69, 9.17) is 0 Å². The average molecular weight is 580 g/mol. The summed E-state index contributed by atoms with van der Waals surface area (Å²) in [5.74, 6) is -1.24. The number of anilines is 1. The highest BCUT2D eigenvalue weighted by molar-refractivity contribution is 7.92. The zero-order valence-corrected chi connectivity index (χ0v) is 24.4. The van der Waals surface area contributed by atoms with E-state index in [0.717, 1.165) is 42.0 Å². The number of halogens is 1. The Morgan fingerprint density at radius 2 is 1.56 bits per heavy atom. The maximum atomic E-state index is 14.1. The molecule has 1 atom stereocenters. The first-order chi connectivity index (χ1) is 19.7. The Bertz CT molecular complexity index is 1420. The number of para-hydroxylation sites is 1. The van der Waals surface area contributed by atoms with Gasteiger partial charge in [-0.15, -0.1) is 0 Å². The molecule has 0 saturated heterocycles. The minimum absolute atomic E-state index is 0.0208. The fourth-order valence-electron chi connectivity index (χ4n) is 5.22. The molecule has 3 aromatic rings. The van der Waals surface area contributed by atoms with Crippen molar-refractivity contribution in [3.63, 3.8) is 0 Å². The third kappa shape index (κ3) is 7.52. The lowest BCUT2D eigenvalue weighted by Gasteiger charge is -2.33. The molecule has 7 nitrogen and oxygen atoms in total. The van der Waals surface area contributed by atoms with Crippen LogP contribution < -0.4 is 9.62 Å². The van der Waals surface area contributed by atoms with Crippen molar-refractivity contribution in [3.05, 3.63) is 95.8 Å². The second-order valence-electron chi connectivity index (χ2n) is 10.5. The molecule has 41 heavy (non-hydrogen) atoms. The molecular formula is C32H38FN3O4S. The number of benzene rings is 3. The SMILES string of the molecule is CCc1ccccc1N(CC(=O)N(Cc1ccc(F)cc1)[C@H](C)C(=O)NC1CCCCC1)S(=O)(=O)c1ccccc1. The number of hydrogen-bond acceptors (Lipinski definition) is 4. The number of rotatable bonds is 11. The number of sulfonamides is 1. The van der Waals surface area contributed by atoms with Gasteiger partial charge in [0.05, 0.1) is 10.6 Å². The van der Waals surface area contributed by atoms with E-state index in [-0.39, 0.29) is 23.4 Å². The summed E-state index contributed by atoms with van der Waals surface area (Å²) >= 11 is 0. The number of amides is 2. The maximum Gasteiger partial charge on any atom is 0.264 e. The van der Waals surface area contributed by atoms with Gasteiger partial charge in [-0.1, -0.05) is 74.7 Å². The number of aryl methyl sites for hydroxylation is 1. The minimum atomic E-state index is -4.13. The Morgan fingerprint density at radius 3 is 2.22 bits per heavy atom. The molecule has 218 valence electrons. The van der Waals surface area contributed by atoms with Crippen molar-refractivity contribution in [1.29, 1.82) is 0 Å². The van der Waals surface area contributed by atoms with E-state index in [0.29, 0.717) is 17.7 Å². The zero-order chi connectivity index (χ0) is 29.4. The van der Waals surface area contributed by atoms with Crippen LogP contribution in [0.1, 0.15) is 57.1 Å². The molecular weight excluding hydrogens is 541 g/mol. The van der Waals surface area contributed by atoms with Gasteiger partial charge in [-0.25, -0.2) is 12.8 Å².